The molecule has 0 unspecified atom stereocenters. The Morgan fingerprint density at radius 3 is 2.62 bits per heavy atom. The van der Waals surface area contributed by atoms with Gasteiger partial charge in [0.25, 0.3) is 0 Å². The van der Waals surface area contributed by atoms with Crippen molar-refractivity contribution in [1.29, 1.82) is 0 Å². The molecule has 0 amide bonds. The molecule has 2 radical (unpaired) electrons. The average Bonchev–Trinajstić information content (AvgIpc) is 2.50. The normalized spacial score (nSPS) is 14.5. The lowest BCUT2D eigenvalue weighted by Gasteiger charge is -2.03. The first kappa shape index (κ1) is 10.5. The number of hydrogen-bond donors (Lipinski definition) is 1. The Morgan fingerprint density at radius 1 is 1.62 bits per heavy atom. The number of aliphatic hydroxyl groups excluding tert-OH is 1. The third kappa shape index (κ3) is 2.44. The Hall–Kier alpha value is -0.555. The fourth-order valence-electron chi connectivity index (χ4n) is 0.690. The monoisotopic (exact) mass is 207 g/mol. The molecule has 2 nitrogen and oxygen atoms in total. The van der Waals surface area contributed by atoms with E-state index in [0.717, 1.165) is 5.38 Å². The van der Waals surface area contributed by atoms with Crippen molar-refractivity contribution in [2.45, 2.75) is 18.6 Å². The van der Waals surface area contributed by atoms with E-state index < -0.39 is 17.3 Å². The predicted octanol–water partition coefficient (Wildman–Crippen LogP) is 1.78. The van der Waals surface area contributed by atoms with Crippen molar-refractivity contribution in [2.24, 2.45) is 0 Å². The molecule has 1 atom stereocenters. The van der Waals surface area contributed by atoms with Gasteiger partial charge >= 0.3 is 6.18 Å². The molecule has 0 aliphatic rings. The van der Waals surface area contributed by atoms with Crippen LogP contribution in [-0.2, 0) is 6.18 Å². The lowest BCUT2D eigenvalue weighted by atomic mass is 9.98. The summed E-state index contributed by atoms with van der Waals surface area (Å²) < 4.78 is 36.0. The molecular weight excluding hydrogens is 202 g/mol. The number of rotatable bonds is 2. The molecule has 1 heterocycles. The second-order valence-corrected chi connectivity index (χ2v) is 3.18. The van der Waals surface area contributed by atoms with Crippen molar-refractivity contribution in [2.75, 3.05) is 0 Å². The van der Waals surface area contributed by atoms with Gasteiger partial charge in [-0.3, -0.25) is 0 Å². The van der Waals surface area contributed by atoms with E-state index >= 15 is 0 Å². The summed E-state index contributed by atoms with van der Waals surface area (Å²) in [6.07, 6.45) is -5.70. The molecule has 0 bridgehead atoms. The maximum atomic E-state index is 12.0. The summed E-state index contributed by atoms with van der Waals surface area (Å²) in [5.41, 5.74) is -0.0279. The van der Waals surface area contributed by atoms with Gasteiger partial charge in [0.1, 0.15) is 0 Å². The van der Waals surface area contributed by atoms with E-state index in [0.29, 0.717) is 11.3 Å². The van der Waals surface area contributed by atoms with Gasteiger partial charge in [0.05, 0.1) is 19.6 Å². The van der Waals surface area contributed by atoms with Crippen LogP contribution in [0.3, 0.4) is 0 Å². The number of halogens is 3. The first-order valence-electron chi connectivity index (χ1n) is 3.36. The summed E-state index contributed by atoms with van der Waals surface area (Å²) in [7, 11) is 5.06. The SMILES string of the molecule is [B]C[C@H](O)c1csc(C(F)(F)F)n1. The predicted molar refractivity (Wildman–Crippen MR) is 42.6 cm³/mol. The standard InChI is InChI=1S/C6H5BF3NOS/c7-1-4(12)3-2-13-5(11-3)6(8,9)10/h2,4,12H,1H2/t4-/m0/s1. The van der Waals surface area contributed by atoms with Crippen LogP contribution in [0.15, 0.2) is 5.38 Å². The van der Waals surface area contributed by atoms with Crippen LogP contribution in [0, 0.1) is 0 Å². The largest absolute Gasteiger partial charge is 0.443 e. The van der Waals surface area contributed by atoms with Crippen molar-refractivity contribution in [1.82, 2.24) is 4.98 Å². The van der Waals surface area contributed by atoms with Crippen LogP contribution in [0.1, 0.15) is 16.8 Å². The summed E-state index contributed by atoms with van der Waals surface area (Å²) in [6.45, 7) is 0. The molecule has 0 saturated carbocycles. The molecule has 0 spiro atoms. The second-order valence-electron chi connectivity index (χ2n) is 2.33. The second kappa shape index (κ2) is 3.67. The van der Waals surface area contributed by atoms with Crippen LogP contribution in [-0.4, -0.2) is 17.9 Å². The highest BCUT2D eigenvalue weighted by Crippen LogP contribution is 2.33. The molecule has 0 aliphatic heterocycles. The zero-order valence-electron chi connectivity index (χ0n) is 6.38. The topological polar surface area (TPSA) is 33.1 Å². The van der Waals surface area contributed by atoms with Gasteiger partial charge in [-0.15, -0.1) is 11.3 Å². The molecule has 1 aromatic rings. The first-order valence-corrected chi connectivity index (χ1v) is 4.24. The molecule has 1 aromatic heterocycles. The van der Waals surface area contributed by atoms with Gasteiger partial charge in [-0.05, 0) is 0 Å². The number of aromatic nitrogens is 1. The molecule has 70 valence electrons. The summed E-state index contributed by atoms with van der Waals surface area (Å²) in [4.78, 5) is 3.22. The number of hydrogen-bond acceptors (Lipinski definition) is 3. The zero-order chi connectivity index (χ0) is 10.1. The molecule has 0 fully saturated rings. The number of nitrogens with zero attached hydrogens (tertiary/aromatic N) is 1. The van der Waals surface area contributed by atoms with Crippen molar-refractivity contribution < 1.29 is 18.3 Å². The highest BCUT2D eigenvalue weighted by atomic mass is 32.1. The van der Waals surface area contributed by atoms with E-state index in [9.17, 15) is 13.2 Å². The van der Waals surface area contributed by atoms with Gasteiger partial charge in [0.15, 0.2) is 5.01 Å². The summed E-state index contributed by atoms with van der Waals surface area (Å²) >= 11 is 0.449. The van der Waals surface area contributed by atoms with Crippen LogP contribution in [0.4, 0.5) is 13.2 Å². The smallest absolute Gasteiger partial charge is 0.388 e. The fraction of sp³-hybridized carbons (Fsp3) is 0.500. The Labute approximate surface area is 77.8 Å². The van der Waals surface area contributed by atoms with Crippen LogP contribution in [0.5, 0.6) is 0 Å². The van der Waals surface area contributed by atoms with Crippen LogP contribution < -0.4 is 0 Å². The lowest BCUT2D eigenvalue weighted by molar-refractivity contribution is -0.137. The maximum Gasteiger partial charge on any atom is 0.443 e. The number of thiazole rings is 1. The first-order chi connectivity index (χ1) is 5.95. The van der Waals surface area contributed by atoms with Gasteiger partial charge in [-0.2, -0.15) is 13.2 Å². The Bertz CT molecular complexity index is 288. The van der Waals surface area contributed by atoms with E-state index in [1.165, 1.54) is 0 Å². The van der Waals surface area contributed by atoms with E-state index in [4.69, 9.17) is 13.0 Å². The van der Waals surface area contributed by atoms with E-state index in [2.05, 4.69) is 4.98 Å². The van der Waals surface area contributed by atoms with Crippen molar-refractivity contribution in [3.63, 3.8) is 0 Å². The zero-order valence-corrected chi connectivity index (χ0v) is 7.19. The molecule has 1 N–H and O–H groups in total. The van der Waals surface area contributed by atoms with Gasteiger partial charge in [0.2, 0.25) is 0 Å². The van der Waals surface area contributed by atoms with Crippen LogP contribution in [0.25, 0.3) is 0 Å². The highest BCUT2D eigenvalue weighted by molar-refractivity contribution is 7.09. The fourth-order valence-corrected chi connectivity index (χ4v) is 1.42. The summed E-state index contributed by atoms with van der Waals surface area (Å²) in [5.74, 6) is 0. The summed E-state index contributed by atoms with van der Waals surface area (Å²) in [5, 5.41) is 9.25. The molecule has 0 aliphatic carbocycles. The van der Waals surface area contributed by atoms with Crippen molar-refractivity contribution in [3.05, 3.63) is 16.1 Å². The third-order valence-electron chi connectivity index (χ3n) is 1.33. The minimum absolute atomic E-state index is 0.0279. The quantitative estimate of drug-likeness (QED) is 0.749. The molecule has 1 rings (SSSR count). The molecule has 7 heteroatoms. The third-order valence-corrected chi connectivity index (χ3v) is 2.23. The summed E-state index contributed by atoms with van der Waals surface area (Å²) in [6, 6.07) is 0. The maximum absolute atomic E-state index is 12.0. The van der Waals surface area contributed by atoms with E-state index in [-0.39, 0.29) is 12.0 Å². The Balaban J connectivity index is 2.87. The highest BCUT2D eigenvalue weighted by Gasteiger charge is 2.34. The van der Waals surface area contributed by atoms with E-state index in [1.807, 2.05) is 0 Å². The Morgan fingerprint density at radius 2 is 2.23 bits per heavy atom. The van der Waals surface area contributed by atoms with Crippen LogP contribution in [0.2, 0.25) is 6.32 Å². The number of aliphatic hydroxyl groups is 1. The lowest BCUT2D eigenvalue weighted by Crippen LogP contribution is -2.05. The van der Waals surface area contributed by atoms with Crippen molar-refractivity contribution in [3.8, 4) is 0 Å². The average molecular weight is 207 g/mol. The molecule has 0 saturated heterocycles. The minimum atomic E-state index is -4.45. The van der Waals surface area contributed by atoms with Crippen LogP contribution >= 0.6 is 11.3 Å². The van der Waals surface area contributed by atoms with Gasteiger partial charge in [-0.1, -0.05) is 6.32 Å². The number of alkyl halides is 3. The molecular formula is C6H5BF3NOS. The Kier molecular flexibility index (Phi) is 2.97. The van der Waals surface area contributed by atoms with E-state index in [1.54, 1.807) is 0 Å². The van der Waals surface area contributed by atoms with Gasteiger partial charge in [0, 0.05) is 5.38 Å². The minimum Gasteiger partial charge on any atom is -0.388 e. The molecule has 13 heavy (non-hydrogen) atoms. The van der Waals surface area contributed by atoms with Gasteiger partial charge < -0.3 is 5.11 Å². The van der Waals surface area contributed by atoms with Crippen molar-refractivity contribution >= 4 is 19.2 Å². The van der Waals surface area contributed by atoms with Gasteiger partial charge in [-0.25, -0.2) is 4.98 Å². The molecule has 0 aromatic carbocycles.